The Hall–Kier alpha value is -1.85. The van der Waals surface area contributed by atoms with Crippen LogP contribution in [0.5, 0.6) is 0 Å². The second-order valence-electron chi connectivity index (χ2n) is 7.61. The van der Waals surface area contributed by atoms with Gasteiger partial charge in [-0.1, -0.05) is 58.3 Å². The first-order chi connectivity index (χ1) is 14.1. The third-order valence-corrected chi connectivity index (χ3v) is 8.77. The average molecular weight is 471 g/mol. The summed E-state index contributed by atoms with van der Waals surface area (Å²) >= 11 is 3.51. The molecule has 3 aromatic rings. The van der Waals surface area contributed by atoms with Crippen LogP contribution in [0, 0.1) is 6.92 Å². The van der Waals surface area contributed by atoms with Crippen LogP contribution >= 0.6 is 26.8 Å². The summed E-state index contributed by atoms with van der Waals surface area (Å²) in [5.41, 5.74) is 3.53. The molecule has 0 aliphatic carbocycles. The molecule has 0 amide bonds. The molecule has 0 saturated heterocycles. The van der Waals surface area contributed by atoms with Crippen molar-refractivity contribution in [3.05, 3.63) is 70.3 Å². The lowest BCUT2D eigenvalue weighted by Crippen LogP contribution is -2.01. The van der Waals surface area contributed by atoms with Gasteiger partial charge in [0.1, 0.15) is 0 Å². The minimum absolute atomic E-state index is 0.443. The van der Waals surface area contributed by atoms with E-state index in [0.717, 1.165) is 40.2 Å². The third-order valence-electron chi connectivity index (χ3n) is 5.54. The molecule has 2 aromatic carbocycles. The fourth-order valence-corrected chi connectivity index (χ4v) is 6.79. The highest BCUT2D eigenvalue weighted by molar-refractivity contribution is 9.10. The van der Waals surface area contributed by atoms with Crippen LogP contribution in [0.15, 0.2) is 73.5 Å². The monoisotopic (exact) mass is 470 g/mol. The van der Waals surface area contributed by atoms with Crippen molar-refractivity contribution in [3.63, 3.8) is 0 Å². The smallest absolute Gasteiger partial charge is 0.179 e. The second kappa shape index (κ2) is 9.31. The molecule has 3 nitrogen and oxygen atoms in total. The molecule has 152 valence electrons. The number of thiol groups is 1. The van der Waals surface area contributed by atoms with E-state index in [9.17, 15) is 0 Å². The zero-order valence-electron chi connectivity index (χ0n) is 16.9. The molecule has 0 spiro atoms. The van der Waals surface area contributed by atoms with Crippen molar-refractivity contribution in [2.75, 3.05) is 12.3 Å². The molecule has 4 rings (SSSR count). The van der Waals surface area contributed by atoms with Crippen LogP contribution in [-0.4, -0.2) is 22.5 Å². The minimum atomic E-state index is -0.443. The van der Waals surface area contributed by atoms with Crippen LogP contribution in [0.4, 0.5) is 0 Å². The van der Waals surface area contributed by atoms with Crippen LogP contribution in [-0.2, 0) is 0 Å². The third kappa shape index (κ3) is 4.67. The van der Waals surface area contributed by atoms with Gasteiger partial charge in [0.05, 0.1) is 15.6 Å². The van der Waals surface area contributed by atoms with Gasteiger partial charge in [-0.3, -0.25) is 4.99 Å². The molecule has 0 radical (unpaired) electrons. The van der Waals surface area contributed by atoms with Crippen molar-refractivity contribution in [1.82, 2.24) is 5.16 Å². The molecule has 1 aliphatic heterocycles. The van der Waals surface area contributed by atoms with Gasteiger partial charge in [-0.15, -0.1) is 0 Å². The predicted octanol–water partition coefficient (Wildman–Crippen LogP) is 7.16. The number of aliphatic imine (C=N–C) groups is 1. The number of aromatic nitrogens is 1. The van der Waals surface area contributed by atoms with Crippen molar-refractivity contribution in [2.24, 2.45) is 4.99 Å². The summed E-state index contributed by atoms with van der Waals surface area (Å²) in [5.74, 6) is 2.62. The Kier molecular flexibility index (Phi) is 6.56. The number of hydrogen-bond acceptors (Lipinski definition) is 3. The molecule has 2 atom stereocenters. The van der Waals surface area contributed by atoms with E-state index in [1.807, 2.05) is 0 Å². The van der Waals surface area contributed by atoms with Gasteiger partial charge in [0.2, 0.25) is 0 Å². The molecule has 2 unspecified atom stereocenters. The van der Waals surface area contributed by atoms with Gasteiger partial charge < -0.3 is 4.52 Å². The van der Waals surface area contributed by atoms with Gasteiger partial charge in [0.25, 0.3) is 0 Å². The van der Waals surface area contributed by atoms with E-state index in [1.165, 1.54) is 28.3 Å². The van der Waals surface area contributed by atoms with Crippen LogP contribution in [0.2, 0.25) is 0 Å². The summed E-state index contributed by atoms with van der Waals surface area (Å²) in [7, 11) is -0.443. The lowest BCUT2D eigenvalue weighted by atomic mass is 9.96. The molecule has 29 heavy (non-hydrogen) atoms. The molecule has 0 saturated carbocycles. The molecule has 5 heteroatoms. The first-order valence-electron chi connectivity index (χ1n) is 10.2. The average Bonchev–Trinajstić information content (AvgIpc) is 3.35. The van der Waals surface area contributed by atoms with Crippen LogP contribution in [0.1, 0.15) is 43.4 Å². The van der Waals surface area contributed by atoms with E-state index < -0.39 is 10.9 Å². The van der Waals surface area contributed by atoms with E-state index in [2.05, 4.69) is 89.5 Å². The fourth-order valence-electron chi connectivity index (χ4n) is 3.94. The van der Waals surface area contributed by atoms with E-state index in [1.54, 1.807) is 0 Å². The largest absolute Gasteiger partial charge is 0.355 e. The molecular weight excluding hydrogens is 444 g/mol. The van der Waals surface area contributed by atoms with Gasteiger partial charge in [0.15, 0.2) is 5.76 Å². The second-order valence-corrected chi connectivity index (χ2v) is 10.8. The normalized spacial score (nSPS) is 18.6. The summed E-state index contributed by atoms with van der Waals surface area (Å²) in [6, 6.07) is 19.1. The maximum atomic E-state index is 5.78. The van der Waals surface area contributed by atoms with Crippen molar-refractivity contribution in [1.29, 1.82) is 0 Å². The Balaban J connectivity index is 1.46. The number of rotatable bonds is 7. The van der Waals surface area contributed by atoms with Crippen LogP contribution in [0.25, 0.3) is 11.3 Å². The lowest BCUT2D eigenvalue weighted by Gasteiger charge is -2.19. The summed E-state index contributed by atoms with van der Waals surface area (Å²) in [6.45, 7) is 5.32. The van der Waals surface area contributed by atoms with Gasteiger partial charge in [-0.2, -0.15) is 10.9 Å². The molecule has 0 fully saturated rings. The van der Waals surface area contributed by atoms with E-state index >= 15 is 0 Å². The SMILES string of the molecule is Cc1noc(-c2ccc(Br)cc2)c1[SH]1CCN=C1CCCC(C)c1ccccc1. The fraction of sp³-hybridized carbons (Fsp3) is 0.333. The topological polar surface area (TPSA) is 38.4 Å². The highest BCUT2D eigenvalue weighted by atomic mass is 79.9. The Labute approximate surface area is 184 Å². The maximum Gasteiger partial charge on any atom is 0.179 e. The van der Waals surface area contributed by atoms with E-state index in [4.69, 9.17) is 9.52 Å². The highest BCUT2D eigenvalue weighted by Gasteiger charge is 2.27. The first kappa shape index (κ1) is 20.4. The van der Waals surface area contributed by atoms with Crippen molar-refractivity contribution < 1.29 is 4.52 Å². The minimum Gasteiger partial charge on any atom is -0.355 e. The van der Waals surface area contributed by atoms with E-state index in [-0.39, 0.29) is 0 Å². The van der Waals surface area contributed by atoms with Crippen LogP contribution < -0.4 is 0 Å². The standard InChI is InChI=1S/C24H27BrN2OS/c1-17(19-8-4-3-5-9-19)7-6-10-22-26-15-16-29(22)24-18(2)27-28-23(24)20-11-13-21(25)14-12-20/h3-5,8-9,11-14,17,29H,6-7,10,15-16H2,1-2H3. The Bertz CT molecular complexity index is 982. The zero-order chi connectivity index (χ0) is 20.2. The first-order valence-corrected chi connectivity index (χ1v) is 12.5. The van der Waals surface area contributed by atoms with Gasteiger partial charge in [-0.25, -0.2) is 0 Å². The highest BCUT2D eigenvalue weighted by Crippen LogP contribution is 2.49. The lowest BCUT2D eigenvalue weighted by molar-refractivity contribution is 0.426. The molecule has 1 aromatic heterocycles. The summed E-state index contributed by atoms with van der Waals surface area (Å²) in [6.07, 6.45) is 3.44. The molecular formula is C24H27BrN2OS. The van der Waals surface area contributed by atoms with Crippen molar-refractivity contribution in [3.8, 4) is 11.3 Å². The quantitative estimate of drug-likeness (QED) is 0.372. The van der Waals surface area contributed by atoms with Gasteiger partial charge >= 0.3 is 0 Å². The zero-order valence-corrected chi connectivity index (χ0v) is 19.4. The summed E-state index contributed by atoms with van der Waals surface area (Å²) < 4.78 is 6.85. The van der Waals surface area contributed by atoms with Crippen LogP contribution in [0.3, 0.4) is 0 Å². The summed E-state index contributed by atoms with van der Waals surface area (Å²) in [5, 5.41) is 5.70. The van der Waals surface area contributed by atoms with Crippen molar-refractivity contribution >= 4 is 31.9 Å². The molecule has 0 bridgehead atoms. The molecule has 0 N–H and O–H groups in total. The Morgan fingerprint density at radius 1 is 1.10 bits per heavy atom. The van der Waals surface area contributed by atoms with Crippen molar-refractivity contribution in [2.45, 2.75) is 43.9 Å². The van der Waals surface area contributed by atoms with Gasteiger partial charge in [-0.05, 0) is 61.9 Å². The Morgan fingerprint density at radius 2 is 1.86 bits per heavy atom. The number of nitrogens with zero attached hydrogens (tertiary/aromatic N) is 2. The number of halogens is 1. The number of aryl methyl sites for hydroxylation is 1. The molecule has 1 aliphatic rings. The predicted molar refractivity (Wildman–Crippen MR) is 128 cm³/mol. The molecule has 2 heterocycles. The number of hydrogen-bond donors (Lipinski definition) is 1. The van der Waals surface area contributed by atoms with E-state index in [0.29, 0.717) is 5.92 Å². The number of benzene rings is 2. The Morgan fingerprint density at radius 3 is 2.62 bits per heavy atom. The van der Waals surface area contributed by atoms with Gasteiger partial charge in [0, 0.05) is 22.3 Å². The maximum absolute atomic E-state index is 5.78. The summed E-state index contributed by atoms with van der Waals surface area (Å²) in [4.78, 5) is 6.19.